The smallest absolute Gasteiger partial charge is 0.248 e. The molecule has 4 nitrogen and oxygen atoms in total. The van der Waals surface area contributed by atoms with Crippen molar-refractivity contribution in [3.8, 4) is 0 Å². The molecule has 1 amide bonds. The number of amides is 1. The Labute approximate surface area is 116 Å². The molecule has 0 heterocycles. The molecule has 0 aliphatic heterocycles. The molecule has 0 bridgehead atoms. The Balaban J connectivity index is 2.19. The fourth-order valence-electron chi connectivity index (χ4n) is 1.63. The molecule has 0 aliphatic rings. The Bertz CT molecular complexity index is 623. The molecule has 0 unspecified atom stereocenters. The average Bonchev–Trinajstić information content (AvgIpc) is 2.39. The van der Waals surface area contributed by atoms with E-state index in [1.165, 1.54) is 0 Å². The summed E-state index contributed by atoms with van der Waals surface area (Å²) in [5.41, 5.74) is 13.7. The van der Waals surface area contributed by atoms with Crippen molar-refractivity contribution in [2.45, 2.75) is 0 Å². The number of benzene rings is 2. The second-order valence-electron chi connectivity index (χ2n) is 4.01. The van der Waals surface area contributed by atoms with Crippen LogP contribution in [0.1, 0.15) is 15.9 Å². The van der Waals surface area contributed by atoms with Gasteiger partial charge in [-0.3, -0.25) is 4.79 Å². The standard InChI is InChI=1S/C14H13N3OS/c15-13(18)10-2-1-3-12(8-10)17-11-6-4-9(5-7-11)14(16)19/h1-8,17H,(H2,15,18)(H2,16,19). The summed E-state index contributed by atoms with van der Waals surface area (Å²) in [5, 5.41) is 3.17. The van der Waals surface area contributed by atoms with Gasteiger partial charge in [-0.25, -0.2) is 0 Å². The van der Waals surface area contributed by atoms with E-state index >= 15 is 0 Å². The molecule has 5 heteroatoms. The molecular formula is C14H13N3OS. The first-order chi connectivity index (χ1) is 9.06. The minimum Gasteiger partial charge on any atom is -0.389 e. The molecule has 0 atom stereocenters. The Morgan fingerprint density at radius 1 is 0.947 bits per heavy atom. The maximum absolute atomic E-state index is 11.1. The molecular weight excluding hydrogens is 258 g/mol. The van der Waals surface area contributed by atoms with Crippen LogP contribution in [-0.4, -0.2) is 10.9 Å². The van der Waals surface area contributed by atoms with E-state index in [0.717, 1.165) is 16.9 Å². The summed E-state index contributed by atoms with van der Waals surface area (Å²) in [4.78, 5) is 11.5. The van der Waals surface area contributed by atoms with Gasteiger partial charge in [-0.15, -0.1) is 0 Å². The third-order valence-electron chi connectivity index (χ3n) is 2.61. The van der Waals surface area contributed by atoms with Crippen molar-refractivity contribution in [1.29, 1.82) is 0 Å². The van der Waals surface area contributed by atoms with Gasteiger partial charge in [0.15, 0.2) is 0 Å². The van der Waals surface area contributed by atoms with Crippen molar-refractivity contribution in [3.63, 3.8) is 0 Å². The number of hydrogen-bond donors (Lipinski definition) is 3. The summed E-state index contributed by atoms with van der Waals surface area (Å²) in [6.07, 6.45) is 0. The maximum Gasteiger partial charge on any atom is 0.248 e. The van der Waals surface area contributed by atoms with E-state index in [9.17, 15) is 4.79 Å². The van der Waals surface area contributed by atoms with Crippen molar-refractivity contribution >= 4 is 34.5 Å². The lowest BCUT2D eigenvalue weighted by atomic mass is 10.1. The number of primary amides is 1. The molecule has 19 heavy (non-hydrogen) atoms. The van der Waals surface area contributed by atoms with Gasteiger partial charge < -0.3 is 16.8 Å². The first-order valence-electron chi connectivity index (χ1n) is 5.63. The highest BCUT2D eigenvalue weighted by Gasteiger charge is 2.02. The zero-order valence-electron chi connectivity index (χ0n) is 10.1. The molecule has 2 aromatic carbocycles. The topological polar surface area (TPSA) is 81.1 Å². The number of hydrogen-bond acceptors (Lipinski definition) is 3. The molecule has 0 radical (unpaired) electrons. The highest BCUT2D eigenvalue weighted by molar-refractivity contribution is 7.80. The van der Waals surface area contributed by atoms with Crippen LogP contribution in [0.2, 0.25) is 0 Å². The van der Waals surface area contributed by atoms with Crippen LogP contribution in [0.5, 0.6) is 0 Å². The number of thiocarbonyl (C=S) groups is 1. The molecule has 0 spiro atoms. The summed E-state index contributed by atoms with van der Waals surface area (Å²) in [5.74, 6) is -0.451. The summed E-state index contributed by atoms with van der Waals surface area (Å²) in [7, 11) is 0. The van der Waals surface area contributed by atoms with Gasteiger partial charge in [0.1, 0.15) is 4.99 Å². The number of nitrogens with one attached hydrogen (secondary N) is 1. The van der Waals surface area contributed by atoms with Crippen LogP contribution in [-0.2, 0) is 0 Å². The zero-order valence-corrected chi connectivity index (χ0v) is 10.9. The van der Waals surface area contributed by atoms with Crippen molar-refractivity contribution in [1.82, 2.24) is 0 Å². The molecule has 2 aromatic rings. The largest absolute Gasteiger partial charge is 0.389 e. The minimum absolute atomic E-state index is 0.363. The van der Waals surface area contributed by atoms with Crippen LogP contribution in [0.25, 0.3) is 0 Å². The molecule has 2 rings (SSSR count). The lowest BCUT2D eigenvalue weighted by molar-refractivity contribution is 0.100. The monoisotopic (exact) mass is 271 g/mol. The summed E-state index contributed by atoms with van der Waals surface area (Å²) < 4.78 is 0. The second kappa shape index (κ2) is 5.49. The number of carbonyl (C=O) groups is 1. The van der Waals surface area contributed by atoms with E-state index in [4.69, 9.17) is 23.7 Å². The molecule has 0 saturated heterocycles. The number of carbonyl (C=O) groups excluding carboxylic acids is 1. The predicted molar refractivity (Wildman–Crippen MR) is 80.6 cm³/mol. The number of nitrogens with two attached hydrogens (primary N) is 2. The van der Waals surface area contributed by atoms with Crippen LogP contribution in [0, 0.1) is 0 Å². The Kier molecular flexibility index (Phi) is 3.77. The van der Waals surface area contributed by atoms with Gasteiger partial charge in [0.25, 0.3) is 0 Å². The van der Waals surface area contributed by atoms with Gasteiger partial charge in [-0.05, 0) is 42.5 Å². The van der Waals surface area contributed by atoms with Gasteiger partial charge in [-0.1, -0.05) is 18.3 Å². The van der Waals surface area contributed by atoms with Crippen molar-refractivity contribution < 1.29 is 4.79 Å². The van der Waals surface area contributed by atoms with Gasteiger partial charge in [0.05, 0.1) is 0 Å². The van der Waals surface area contributed by atoms with Crippen LogP contribution in [0.3, 0.4) is 0 Å². The second-order valence-corrected chi connectivity index (χ2v) is 4.45. The van der Waals surface area contributed by atoms with E-state index in [0.29, 0.717) is 10.6 Å². The van der Waals surface area contributed by atoms with Gasteiger partial charge in [0, 0.05) is 22.5 Å². The SMILES string of the molecule is NC(=O)c1cccc(Nc2ccc(C(N)=S)cc2)c1. The van der Waals surface area contributed by atoms with Crippen LogP contribution in [0.15, 0.2) is 48.5 Å². The molecule has 0 aromatic heterocycles. The molecule has 96 valence electrons. The van der Waals surface area contributed by atoms with Gasteiger partial charge in [-0.2, -0.15) is 0 Å². The molecule has 5 N–H and O–H groups in total. The minimum atomic E-state index is -0.451. The maximum atomic E-state index is 11.1. The van der Waals surface area contributed by atoms with E-state index in [2.05, 4.69) is 5.32 Å². The van der Waals surface area contributed by atoms with Gasteiger partial charge >= 0.3 is 0 Å². The van der Waals surface area contributed by atoms with Crippen LogP contribution >= 0.6 is 12.2 Å². The van der Waals surface area contributed by atoms with Crippen molar-refractivity contribution in [3.05, 3.63) is 59.7 Å². The lowest BCUT2D eigenvalue weighted by Gasteiger charge is -2.08. The van der Waals surface area contributed by atoms with E-state index < -0.39 is 5.91 Å². The Hall–Kier alpha value is -2.40. The van der Waals surface area contributed by atoms with E-state index in [1.54, 1.807) is 18.2 Å². The van der Waals surface area contributed by atoms with Crippen LogP contribution in [0.4, 0.5) is 11.4 Å². The van der Waals surface area contributed by atoms with E-state index in [-0.39, 0.29) is 0 Å². The van der Waals surface area contributed by atoms with Crippen molar-refractivity contribution in [2.24, 2.45) is 11.5 Å². The molecule has 0 fully saturated rings. The highest BCUT2D eigenvalue weighted by atomic mass is 32.1. The van der Waals surface area contributed by atoms with E-state index in [1.807, 2.05) is 30.3 Å². The first-order valence-corrected chi connectivity index (χ1v) is 6.04. The third-order valence-corrected chi connectivity index (χ3v) is 2.84. The third kappa shape index (κ3) is 3.29. The normalized spacial score (nSPS) is 9.89. The highest BCUT2D eigenvalue weighted by Crippen LogP contribution is 2.18. The number of rotatable bonds is 4. The summed E-state index contributed by atoms with van der Waals surface area (Å²) in [6, 6.07) is 14.4. The predicted octanol–water partition coefficient (Wildman–Crippen LogP) is 2.16. The summed E-state index contributed by atoms with van der Waals surface area (Å²) >= 11 is 4.89. The zero-order chi connectivity index (χ0) is 13.8. The van der Waals surface area contributed by atoms with Gasteiger partial charge in [0.2, 0.25) is 5.91 Å². The fourth-order valence-corrected chi connectivity index (χ4v) is 1.77. The molecule has 0 aliphatic carbocycles. The fraction of sp³-hybridized carbons (Fsp3) is 0. The number of anilines is 2. The van der Waals surface area contributed by atoms with Crippen molar-refractivity contribution in [2.75, 3.05) is 5.32 Å². The first kappa shape index (κ1) is 13.0. The Morgan fingerprint density at radius 2 is 1.63 bits per heavy atom. The average molecular weight is 271 g/mol. The Morgan fingerprint density at radius 3 is 2.21 bits per heavy atom. The van der Waals surface area contributed by atoms with Crippen LogP contribution < -0.4 is 16.8 Å². The molecule has 0 saturated carbocycles. The summed E-state index contributed by atoms with van der Waals surface area (Å²) in [6.45, 7) is 0. The quantitative estimate of drug-likeness (QED) is 0.744. The lowest BCUT2D eigenvalue weighted by Crippen LogP contribution is -2.11.